The number of imide groups is 1. The van der Waals surface area contributed by atoms with Crippen molar-refractivity contribution in [3.05, 3.63) is 34.2 Å². The highest BCUT2D eigenvalue weighted by Crippen LogP contribution is 2.24. The fourth-order valence-corrected chi connectivity index (χ4v) is 4.55. The van der Waals surface area contributed by atoms with Crippen LogP contribution in [0.15, 0.2) is 23.0 Å². The summed E-state index contributed by atoms with van der Waals surface area (Å²) in [5.41, 5.74) is 1.60. The van der Waals surface area contributed by atoms with Crippen molar-refractivity contribution in [1.29, 1.82) is 0 Å². The molecule has 2 aromatic rings. The number of piperidine rings is 1. The maximum absolute atomic E-state index is 13.0. The molecule has 1 aromatic heterocycles. The van der Waals surface area contributed by atoms with Crippen LogP contribution in [0.25, 0.3) is 11.0 Å². The molecule has 1 unspecified atom stereocenters. The van der Waals surface area contributed by atoms with Gasteiger partial charge in [-0.2, -0.15) is 0 Å². The van der Waals surface area contributed by atoms with E-state index in [0.717, 1.165) is 6.54 Å². The van der Waals surface area contributed by atoms with E-state index in [1.165, 1.54) is 21.1 Å². The number of rotatable bonds is 5. The summed E-state index contributed by atoms with van der Waals surface area (Å²) in [4.78, 5) is 51.4. The third kappa shape index (κ3) is 5.23. The number of ether oxygens (including phenoxy) is 1. The number of hydrogen-bond donors (Lipinski definition) is 2. The number of fused-ring (bicyclic) bond motifs is 1. The Morgan fingerprint density at radius 3 is 2.86 bits per heavy atom. The summed E-state index contributed by atoms with van der Waals surface area (Å²) in [5, 5.41) is 11.3. The van der Waals surface area contributed by atoms with Crippen molar-refractivity contribution in [2.45, 2.75) is 31.4 Å². The molecule has 2 fully saturated rings. The topological polar surface area (TPSA) is 126 Å². The average Bonchev–Trinajstić information content (AvgIpc) is 3.08. The van der Waals surface area contributed by atoms with Gasteiger partial charge in [-0.25, -0.2) is 9.59 Å². The number of nitrogens with zero attached hydrogens (tertiary/aromatic N) is 4. The molecule has 2 atom stereocenters. The second-order valence-electron chi connectivity index (χ2n) is 8.87. The molecule has 0 bridgehead atoms. The lowest BCUT2D eigenvalue weighted by molar-refractivity contribution is -0.135. The minimum Gasteiger partial charge on any atom is -0.465 e. The number of morpholine rings is 1. The van der Waals surface area contributed by atoms with Gasteiger partial charge >= 0.3 is 11.8 Å². The van der Waals surface area contributed by atoms with Crippen molar-refractivity contribution in [3.8, 4) is 11.8 Å². The lowest BCUT2D eigenvalue weighted by Crippen LogP contribution is -2.44. The molecule has 0 radical (unpaired) electrons. The second-order valence-corrected chi connectivity index (χ2v) is 8.87. The largest absolute Gasteiger partial charge is 0.465 e. The Bertz CT molecular complexity index is 1270. The Balaban J connectivity index is 1.50. The standard InChI is InChI=1S/C24H29N5O6/c1-26(24(33)34)12-10-17-15-28(13-14-35-17)11-4-6-16-5-3-7-18-21(16)27(2)23(32)29(18)19-8-9-20(30)25-22(19)31/h3,5,7,17,19H,8-15H2,1-2H3,(H,33,34)(H,25,30,31)/t17-,19?/m1/s1. The van der Waals surface area contributed by atoms with Gasteiger partial charge in [-0.1, -0.05) is 17.9 Å². The van der Waals surface area contributed by atoms with Crippen LogP contribution in [0.4, 0.5) is 4.79 Å². The minimum atomic E-state index is -0.960. The molecule has 35 heavy (non-hydrogen) atoms. The van der Waals surface area contributed by atoms with Crippen molar-refractivity contribution in [3.63, 3.8) is 0 Å². The molecule has 0 spiro atoms. The van der Waals surface area contributed by atoms with Crippen molar-refractivity contribution in [1.82, 2.24) is 24.3 Å². The number of nitrogens with one attached hydrogen (secondary N) is 1. The van der Waals surface area contributed by atoms with Crippen LogP contribution in [-0.4, -0.2) is 87.9 Å². The maximum Gasteiger partial charge on any atom is 0.407 e. The Labute approximate surface area is 202 Å². The normalized spacial score (nSPS) is 20.9. The average molecular weight is 484 g/mol. The van der Waals surface area contributed by atoms with Crippen molar-refractivity contribution < 1.29 is 24.2 Å². The molecule has 0 saturated carbocycles. The molecule has 11 nitrogen and oxygen atoms in total. The van der Waals surface area contributed by atoms with Crippen molar-refractivity contribution >= 4 is 28.9 Å². The number of aromatic nitrogens is 2. The Hall–Kier alpha value is -3.62. The number of benzene rings is 1. The number of amides is 3. The summed E-state index contributed by atoms with van der Waals surface area (Å²) in [6, 6.07) is 4.69. The van der Waals surface area contributed by atoms with Gasteiger partial charge in [-0.15, -0.1) is 0 Å². The molecule has 4 rings (SSSR count). The van der Waals surface area contributed by atoms with Crippen LogP contribution >= 0.6 is 0 Å². The van der Waals surface area contributed by atoms with Crippen molar-refractivity contribution in [2.75, 3.05) is 39.8 Å². The molecule has 186 valence electrons. The first-order valence-corrected chi connectivity index (χ1v) is 11.6. The molecule has 2 aliphatic rings. The van der Waals surface area contributed by atoms with Gasteiger partial charge in [0.2, 0.25) is 11.8 Å². The van der Waals surface area contributed by atoms with E-state index in [1.807, 2.05) is 6.07 Å². The molecule has 3 amide bonds. The predicted molar refractivity (Wildman–Crippen MR) is 127 cm³/mol. The van der Waals surface area contributed by atoms with Gasteiger partial charge in [0.15, 0.2) is 0 Å². The van der Waals surface area contributed by atoms with E-state index < -0.39 is 18.0 Å². The molecule has 2 N–H and O–H groups in total. The zero-order valence-corrected chi connectivity index (χ0v) is 19.8. The maximum atomic E-state index is 13.0. The second kappa shape index (κ2) is 10.3. The Morgan fingerprint density at radius 2 is 2.11 bits per heavy atom. The quantitative estimate of drug-likeness (QED) is 0.465. The molecular weight excluding hydrogens is 454 g/mol. The first kappa shape index (κ1) is 24.5. The summed E-state index contributed by atoms with van der Waals surface area (Å²) >= 11 is 0. The summed E-state index contributed by atoms with van der Waals surface area (Å²) in [7, 11) is 3.19. The van der Waals surface area contributed by atoms with Gasteiger partial charge in [-0.05, 0) is 25.0 Å². The number of carboxylic acid groups (broad SMARTS) is 1. The zero-order valence-electron chi connectivity index (χ0n) is 19.8. The molecule has 2 saturated heterocycles. The van der Waals surface area contributed by atoms with Gasteiger partial charge in [0.25, 0.3) is 0 Å². The molecule has 3 heterocycles. The first-order chi connectivity index (χ1) is 16.8. The SMILES string of the molecule is CN(CC[C@@H]1CN(CC#Cc2cccc3c2n(C)c(=O)n3C2CCC(=O)NC2=O)CCO1)C(=O)O. The highest BCUT2D eigenvalue weighted by atomic mass is 16.5. The van der Waals surface area contributed by atoms with Crippen LogP contribution in [0.5, 0.6) is 0 Å². The number of carbonyl (C=O) groups is 3. The van der Waals surface area contributed by atoms with Crippen LogP contribution in [-0.2, 0) is 21.4 Å². The van der Waals surface area contributed by atoms with Crippen LogP contribution in [0.2, 0.25) is 0 Å². The highest BCUT2D eigenvalue weighted by Gasteiger charge is 2.31. The van der Waals surface area contributed by atoms with Gasteiger partial charge in [0.05, 0.1) is 35.9 Å². The van der Waals surface area contributed by atoms with E-state index in [-0.39, 0.29) is 30.5 Å². The van der Waals surface area contributed by atoms with E-state index in [9.17, 15) is 19.2 Å². The van der Waals surface area contributed by atoms with Gasteiger partial charge < -0.3 is 14.7 Å². The van der Waals surface area contributed by atoms with Crippen molar-refractivity contribution in [2.24, 2.45) is 7.05 Å². The van der Waals surface area contributed by atoms with Crippen LogP contribution in [0.1, 0.15) is 30.9 Å². The molecule has 0 aliphatic carbocycles. The number of aryl methyl sites for hydroxylation is 1. The van der Waals surface area contributed by atoms with E-state index in [0.29, 0.717) is 49.3 Å². The van der Waals surface area contributed by atoms with Crippen LogP contribution in [0, 0.1) is 11.8 Å². The van der Waals surface area contributed by atoms with E-state index in [2.05, 4.69) is 22.1 Å². The van der Waals surface area contributed by atoms with Gasteiger partial charge in [0.1, 0.15) is 6.04 Å². The van der Waals surface area contributed by atoms with Gasteiger partial charge in [0, 0.05) is 40.2 Å². The van der Waals surface area contributed by atoms with Gasteiger partial charge in [-0.3, -0.25) is 28.9 Å². The minimum absolute atomic E-state index is 0.0563. The van der Waals surface area contributed by atoms with Crippen LogP contribution in [0.3, 0.4) is 0 Å². The lowest BCUT2D eigenvalue weighted by atomic mass is 10.1. The number of imidazole rings is 1. The third-order valence-electron chi connectivity index (χ3n) is 6.49. The fraction of sp³-hybridized carbons (Fsp3) is 0.500. The summed E-state index contributed by atoms with van der Waals surface area (Å²) in [6.07, 6.45) is 0.0613. The summed E-state index contributed by atoms with van der Waals surface area (Å²) in [5.74, 6) is 5.56. The Morgan fingerprint density at radius 1 is 1.31 bits per heavy atom. The number of hydrogen-bond acceptors (Lipinski definition) is 6. The van der Waals surface area contributed by atoms with Crippen LogP contribution < -0.4 is 11.0 Å². The lowest BCUT2D eigenvalue weighted by Gasteiger charge is -2.32. The monoisotopic (exact) mass is 483 g/mol. The van der Waals surface area contributed by atoms with E-state index in [1.54, 1.807) is 19.2 Å². The molecular formula is C24H29N5O6. The summed E-state index contributed by atoms with van der Waals surface area (Å²) < 4.78 is 8.70. The number of para-hydroxylation sites is 1. The smallest absolute Gasteiger partial charge is 0.407 e. The third-order valence-corrected chi connectivity index (χ3v) is 6.49. The Kier molecular flexibility index (Phi) is 7.23. The molecule has 11 heteroatoms. The number of carbonyl (C=O) groups excluding carboxylic acids is 2. The summed E-state index contributed by atoms with van der Waals surface area (Å²) in [6.45, 7) is 2.86. The van der Waals surface area contributed by atoms with E-state index >= 15 is 0 Å². The zero-order chi connectivity index (χ0) is 25.1. The highest BCUT2D eigenvalue weighted by molar-refractivity contribution is 6.00. The molecule has 2 aliphatic heterocycles. The first-order valence-electron chi connectivity index (χ1n) is 11.6. The van der Waals surface area contributed by atoms with E-state index in [4.69, 9.17) is 9.84 Å². The molecule has 1 aromatic carbocycles. The fourth-order valence-electron chi connectivity index (χ4n) is 4.55. The predicted octanol–water partition coefficient (Wildman–Crippen LogP) is 0.370.